The van der Waals surface area contributed by atoms with E-state index in [-0.39, 0.29) is 0 Å². The third kappa shape index (κ3) is 4.60. The fourth-order valence-electron chi connectivity index (χ4n) is 3.29. The first kappa shape index (κ1) is 20.6. The lowest BCUT2D eigenvalue weighted by Gasteiger charge is -2.15. The number of nitrogens with zero attached hydrogens (tertiary/aromatic N) is 2. The third-order valence-electron chi connectivity index (χ3n) is 4.99. The van der Waals surface area contributed by atoms with Crippen molar-refractivity contribution in [3.05, 3.63) is 94.5 Å². The molecular formula is C26H20BrN3O. The Morgan fingerprint density at radius 2 is 1.55 bits per heavy atom. The van der Waals surface area contributed by atoms with Crippen LogP contribution in [0.1, 0.15) is 11.1 Å². The minimum absolute atomic E-state index is 0.500. The van der Waals surface area contributed by atoms with Crippen LogP contribution in [0.4, 0.5) is 11.5 Å². The van der Waals surface area contributed by atoms with Crippen LogP contribution in [0.15, 0.2) is 83.3 Å². The molecule has 0 fully saturated rings. The fraction of sp³-hybridized carbons (Fsp3) is 0.0769. The van der Waals surface area contributed by atoms with Gasteiger partial charge in [-0.1, -0.05) is 45.8 Å². The number of hydrogen-bond donors (Lipinski definition) is 1. The van der Waals surface area contributed by atoms with Crippen molar-refractivity contribution >= 4 is 27.4 Å². The number of ether oxygens (including phenoxy) is 1. The average Bonchev–Trinajstić information content (AvgIpc) is 2.80. The van der Waals surface area contributed by atoms with E-state index in [2.05, 4.69) is 27.3 Å². The van der Waals surface area contributed by atoms with Crippen molar-refractivity contribution in [2.45, 2.75) is 6.92 Å². The van der Waals surface area contributed by atoms with Crippen LogP contribution in [0.3, 0.4) is 0 Å². The Bertz CT molecular complexity index is 1240. The van der Waals surface area contributed by atoms with Crippen molar-refractivity contribution in [3.63, 3.8) is 0 Å². The zero-order valence-corrected chi connectivity index (χ0v) is 18.8. The summed E-state index contributed by atoms with van der Waals surface area (Å²) in [4.78, 5) is 4.81. The molecule has 4 rings (SSSR count). The van der Waals surface area contributed by atoms with Gasteiger partial charge >= 0.3 is 0 Å². The Labute approximate surface area is 190 Å². The second kappa shape index (κ2) is 9.03. The first-order valence-corrected chi connectivity index (χ1v) is 10.6. The summed E-state index contributed by atoms with van der Waals surface area (Å²) in [6.07, 6.45) is 0. The van der Waals surface area contributed by atoms with Gasteiger partial charge in [-0.15, -0.1) is 0 Å². The van der Waals surface area contributed by atoms with Crippen LogP contribution in [0.5, 0.6) is 5.75 Å². The number of pyridine rings is 1. The molecule has 3 aromatic carbocycles. The van der Waals surface area contributed by atoms with Gasteiger partial charge < -0.3 is 10.1 Å². The molecule has 0 unspecified atom stereocenters. The van der Waals surface area contributed by atoms with Gasteiger partial charge in [0.1, 0.15) is 23.2 Å². The van der Waals surface area contributed by atoms with Crippen LogP contribution < -0.4 is 10.1 Å². The Balaban J connectivity index is 1.88. The highest BCUT2D eigenvalue weighted by Gasteiger charge is 2.16. The number of nitriles is 1. The highest BCUT2D eigenvalue weighted by atomic mass is 79.9. The van der Waals surface area contributed by atoms with Crippen molar-refractivity contribution in [1.82, 2.24) is 4.98 Å². The number of rotatable bonds is 5. The first-order valence-electron chi connectivity index (χ1n) is 9.76. The van der Waals surface area contributed by atoms with Crippen molar-refractivity contribution in [3.8, 4) is 34.2 Å². The monoisotopic (exact) mass is 469 g/mol. The van der Waals surface area contributed by atoms with Gasteiger partial charge in [-0.25, -0.2) is 4.98 Å². The van der Waals surface area contributed by atoms with Gasteiger partial charge in [0.25, 0.3) is 0 Å². The van der Waals surface area contributed by atoms with Crippen molar-refractivity contribution in [2.75, 3.05) is 12.4 Å². The summed E-state index contributed by atoms with van der Waals surface area (Å²) in [5.74, 6) is 1.31. The van der Waals surface area contributed by atoms with E-state index in [9.17, 15) is 5.26 Å². The van der Waals surface area contributed by atoms with Crippen LogP contribution in [-0.2, 0) is 0 Å². The van der Waals surface area contributed by atoms with E-state index in [1.807, 2.05) is 85.8 Å². The molecule has 0 saturated carbocycles. The van der Waals surface area contributed by atoms with E-state index in [0.29, 0.717) is 11.4 Å². The Hall–Kier alpha value is -3.62. The topological polar surface area (TPSA) is 57.9 Å². The number of methoxy groups -OCH3 is 1. The zero-order chi connectivity index (χ0) is 21.8. The number of nitrogens with one attached hydrogen (secondary N) is 1. The third-order valence-corrected chi connectivity index (χ3v) is 5.52. The van der Waals surface area contributed by atoms with E-state index >= 15 is 0 Å². The molecule has 0 bridgehead atoms. The number of aryl methyl sites for hydroxylation is 1. The summed E-state index contributed by atoms with van der Waals surface area (Å²) in [6, 6.07) is 28.0. The summed E-state index contributed by atoms with van der Waals surface area (Å²) in [5.41, 5.74) is 6.03. The molecule has 0 atom stereocenters. The maximum atomic E-state index is 10.0. The number of anilines is 2. The summed E-state index contributed by atoms with van der Waals surface area (Å²) in [7, 11) is 1.64. The predicted octanol–water partition coefficient (Wildman–Crippen LogP) is 7.11. The lowest BCUT2D eigenvalue weighted by molar-refractivity contribution is 0.415. The second-order valence-corrected chi connectivity index (χ2v) is 8.03. The highest BCUT2D eigenvalue weighted by Crippen LogP contribution is 2.34. The molecule has 1 heterocycles. The van der Waals surface area contributed by atoms with Crippen LogP contribution in [0.2, 0.25) is 0 Å². The van der Waals surface area contributed by atoms with E-state index < -0.39 is 0 Å². The Morgan fingerprint density at radius 1 is 0.903 bits per heavy atom. The smallest absolute Gasteiger partial charge is 0.149 e. The predicted molar refractivity (Wildman–Crippen MR) is 129 cm³/mol. The number of benzene rings is 3. The van der Waals surface area contributed by atoms with Crippen molar-refractivity contribution in [1.29, 1.82) is 5.26 Å². The van der Waals surface area contributed by atoms with Crippen molar-refractivity contribution in [2.24, 2.45) is 0 Å². The molecule has 4 nitrogen and oxygen atoms in total. The van der Waals surface area contributed by atoms with Crippen molar-refractivity contribution < 1.29 is 4.74 Å². The summed E-state index contributed by atoms with van der Waals surface area (Å²) in [5, 5.41) is 13.3. The molecule has 1 N–H and O–H groups in total. The zero-order valence-electron chi connectivity index (χ0n) is 17.2. The van der Waals surface area contributed by atoms with Gasteiger partial charge in [-0.3, -0.25) is 0 Å². The molecule has 5 heteroatoms. The lowest BCUT2D eigenvalue weighted by Crippen LogP contribution is -2.01. The summed E-state index contributed by atoms with van der Waals surface area (Å²) < 4.78 is 6.26. The quantitative estimate of drug-likeness (QED) is 0.338. The maximum Gasteiger partial charge on any atom is 0.149 e. The lowest BCUT2D eigenvalue weighted by atomic mass is 9.98. The van der Waals surface area contributed by atoms with E-state index in [1.54, 1.807) is 7.11 Å². The molecular weight excluding hydrogens is 450 g/mol. The molecule has 0 aliphatic rings. The molecule has 0 amide bonds. The minimum Gasteiger partial charge on any atom is -0.497 e. The van der Waals surface area contributed by atoms with Gasteiger partial charge in [0.15, 0.2) is 0 Å². The molecule has 0 aliphatic heterocycles. The maximum absolute atomic E-state index is 10.0. The fourth-order valence-corrected chi connectivity index (χ4v) is 3.55. The van der Waals surface area contributed by atoms with Crippen LogP contribution in [0.25, 0.3) is 22.4 Å². The second-order valence-electron chi connectivity index (χ2n) is 7.12. The summed E-state index contributed by atoms with van der Waals surface area (Å²) in [6.45, 7) is 2.04. The number of aromatic nitrogens is 1. The molecule has 1 aromatic heterocycles. The van der Waals surface area contributed by atoms with E-state index in [0.717, 1.165) is 38.3 Å². The molecule has 0 radical (unpaired) electrons. The van der Waals surface area contributed by atoms with Gasteiger partial charge in [-0.2, -0.15) is 5.26 Å². The van der Waals surface area contributed by atoms with E-state index in [4.69, 9.17) is 9.72 Å². The molecule has 0 saturated heterocycles. The number of hydrogen-bond acceptors (Lipinski definition) is 4. The van der Waals surface area contributed by atoms with Crippen LogP contribution >= 0.6 is 15.9 Å². The normalized spacial score (nSPS) is 10.4. The van der Waals surface area contributed by atoms with Crippen LogP contribution in [0, 0.1) is 18.3 Å². The summed E-state index contributed by atoms with van der Waals surface area (Å²) >= 11 is 3.48. The van der Waals surface area contributed by atoms with Gasteiger partial charge in [-0.05, 0) is 67.1 Å². The van der Waals surface area contributed by atoms with Gasteiger partial charge in [0, 0.05) is 21.3 Å². The molecule has 0 spiro atoms. The highest BCUT2D eigenvalue weighted by molar-refractivity contribution is 9.10. The minimum atomic E-state index is 0.500. The molecule has 4 aromatic rings. The standard InChI is InChI=1S/C26H20BrN3O/c1-17-3-11-21(12-4-17)29-26-24(16-28)23(18-5-9-20(27)10-6-18)15-25(30-26)19-7-13-22(31-2)14-8-19/h3-15H,1-2H3,(H,29,30). The largest absolute Gasteiger partial charge is 0.497 e. The Kier molecular flexibility index (Phi) is 6.01. The van der Waals surface area contributed by atoms with E-state index in [1.165, 1.54) is 5.56 Å². The van der Waals surface area contributed by atoms with Gasteiger partial charge in [0.05, 0.1) is 12.8 Å². The molecule has 31 heavy (non-hydrogen) atoms. The average molecular weight is 470 g/mol. The molecule has 0 aliphatic carbocycles. The van der Waals surface area contributed by atoms with Gasteiger partial charge in [0.2, 0.25) is 0 Å². The first-order chi connectivity index (χ1) is 15.1. The van der Waals surface area contributed by atoms with Crippen LogP contribution in [-0.4, -0.2) is 12.1 Å². The number of halogens is 1. The SMILES string of the molecule is COc1ccc(-c2cc(-c3ccc(Br)cc3)c(C#N)c(Nc3ccc(C)cc3)n2)cc1. The Morgan fingerprint density at radius 3 is 2.16 bits per heavy atom. The molecule has 152 valence electrons.